The first kappa shape index (κ1) is 21.4. The van der Waals surface area contributed by atoms with E-state index in [9.17, 15) is 9.59 Å². The van der Waals surface area contributed by atoms with Crippen molar-refractivity contribution in [3.63, 3.8) is 0 Å². The number of amides is 1. The minimum atomic E-state index is -0.421. The zero-order valence-corrected chi connectivity index (χ0v) is 18.8. The van der Waals surface area contributed by atoms with Crippen molar-refractivity contribution in [2.75, 3.05) is 4.90 Å². The first-order valence-electron chi connectivity index (χ1n) is 10.7. The quantitative estimate of drug-likeness (QED) is 0.399. The molecule has 2 aromatic carbocycles. The molecule has 5 nitrogen and oxygen atoms in total. The summed E-state index contributed by atoms with van der Waals surface area (Å²) in [6.07, 6.45) is 3.90. The predicted octanol–water partition coefficient (Wildman–Crippen LogP) is 5.90. The molecule has 0 saturated carbocycles. The maximum absolute atomic E-state index is 13.9. The van der Waals surface area contributed by atoms with E-state index in [0.29, 0.717) is 5.88 Å². The fourth-order valence-corrected chi connectivity index (χ4v) is 4.00. The number of furan rings is 1. The highest BCUT2D eigenvalue weighted by Gasteiger charge is 2.27. The summed E-state index contributed by atoms with van der Waals surface area (Å²) in [4.78, 5) is 28.4. The first-order chi connectivity index (χ1) is 15.4. The molecular formula is C27H26N2O3. The second kappa shape index (κ2) is 8.71. The first-order valence-corrected chi connectivity index (χ1v) is 10.7. The van der Waals surface area contributed by atoms with Gasteiger partial charge in [0.2, 0.25) is 5.88 Å². The summed E-state index contributed by atoms with van der Waals surface area (Å²) < 4.78 is 7.51. The van der Waals surface area contributed by atoms with Crippen LogP contribution in [0.3, 0.4) is 0 Å². The van der Waals surface area contributed by atoms with Crippen molar-refractivity contribution >= 4 is 17.5 Å². The molecule has 0 radical (unpaired) electrons. The SMILES string of the molecule is CCc1cccc(C)c1N(C(=O)c1cn(-c2cccc(C)c2)c(C)cc1=O)c1ccco1. The van der Waals surface area contributed by atoms with E-state index in [-0.39, 0.29) is 11.0 Å². The summed E-state index contributed by atoms with van der Waals surface area (Å²) in [6, 6.07) is 18.8. The van der Waals surface area contributed by atoms with Crippen LogP contribution in [0.5, 0.6) is 0 Å². The molecule has 0 fully saturated rings. The smallest absolute Gasteiger partial charge is 0.270 e. The number of aryl methyl sites for hydroxylation is 4. The predicted molar refractivity (Wildman–Crippen MR) is 127 cm³/mol. The number of carbonyl (C=O) groups is 1. The van der Waals surface area contributed by atoms with Gasteiger partial charge in [0.15, 0.2) is 5.43 Å². The number of anilines is 2. The molecule has 4 aromatic rings. The molecule has 0 N–H and O–H groups in total. The lowest BCUT2D eigenvalue weighted by molar-refractivity contribution is 0.0994. The number of nitrogens with zero attached hydrogens (tertiary/aromatic N) is 2. The average molecular weight is 427 g/mol. The van der Waals surface area contributed by atoms with Crippen LogP contribution in [0.1, 0.15) is 39.7 Å². The highest BCUT2D eigenvalue weighted by molar-refractivity contribution is 6.10. The van der Waals surface area contributed by atoms with Gasteiger partial charge in [0, 0.05) is 29.7 Å². The molecule has 0 bridgehead atoms. The molecule has 0 aliphatic heterocycles. The summed E-state index contributed by atoms with van der Waals surface area (Å²) in [5.41, 5.74) is 5.19. The molecule has 1 amide bonds. The van der Waals surface area contributed by atoms with Crippen LogP contribution in [-0.2, 0) is 6.42 Å². The highest BCUT2D eigenvalue weighted by Crippen LogP contribution is 2.34. The minimum absolute atomic E-state index is 0.0822. The summed E-state index contributed by atoms with van der Waals surface area (Å²) in [6.45, 7) is 7.87. The monoisotopic (exact) mass is 426 g/mol. The third-order valence-corrected chi connectivity index (χ3v) is 5.61. The molecule has 162 valence electrons. The lowest BCUT2D eigenvalue weighted by Crippen LogP contribution is -2.32. The van der Waals surface area contributed by atoms with Crippen molar-refractivity contribution in [1.29, 1.82) is 0 Å². The number of hydrogen-bond donors (Lipinski definition) is 0. The van der Waals surface area contributed by atoms with Crippen LogP contribution in [-0.4, -0.2) is 10.5 Å². The van der Waals surface area contributed by atoms with E-state index in [1.165, 1.54) is 17.2 Å². The van der Waals surface area contributed by atoms with Gasteiger partial charge < -0.3 is 8.98 Å². The van der Waals surface area contributed by atoms with Crippen molar-refractivity contribution in [2.45, 2.75) is 34.1 Å². The Bertz CT molecular complexity index is 1330. The van der Waals surface area contributed by atoms with E-state index in [0.717, 1.165) is 40.2 Å². The van der Waals surface area contributed by atoms with E-state index >= 15 is 0 Å². The number of pyridine rings is 1. The van der Waals surface area contributed by atoms with Gasteiger partial charge in [0.05, 0.1) is 12.0 Å². The number of para-hydroxylation sites is 1. The molecule has 2 aromatic heterocycles. The van der Waals surface area contributed by atoms with Crippen LogP contribution >= 0.6 is 0 Å². The van der Waals surface area contributed by atoms with Gasteiger partial charge in [-0.2, -0.15) is 0 Å². The third-order valence-electron chi connectivity index (χ3n) is 5.61. The maximum Gasteiger partial charge on any atom is 0.270 e. The summed E-state index contributed by atoms with van der Waals surface area (Å²) in [7, 11) is 0. The standard InChI is InChI=1S/C27H26N2O3/c1-5-21-11-7-10-19(3)26(21)29(25-13-8-14-32-25)27(31)23-17-28(20(4)16-24(23)30)22-12-6-9-18(2)15-22/h6-17H,5H2,1-4H3. The molecular weight excluding hydrogens is 400 g/mol. The molecule has 32 heavy (non-hydrogen) atoms. The lowest BCUT2D eigenvalue weighted by atomic mass is 10.0. The van der Waals surface area contributed by atoms with Gasteiger partial charge in [-0.15, -0.1) is 0 Å². The second-order valence-electron chi connectivity index (χ2n) is 7.93. The van der Waals surface area contributed by atoms with Crippen LogP contribution in [0.25, 0.3) is 5.69 Å². The van der Waals surface area contributed by atoms with E-state index in [2.05, 4.69) is 0 Å². The van der Waals surface area contributed by atoms with Crippen molar-refractivity contribution in [3.05, 3.63) is 111 Å². The Balaban J connectivity index is 1.91. The fraction of sp³-hybridized carbons (Fsp3) is 0.185. The van der Waals surface area contributed by atoms with Crippen molar-refractivity contribution < 1.29 is 9.21 Å². The molecule has 2 heterocycles. The Hall–Kier alpha value is -3.86. The van der Waals surface area contributed by atoms with E-state index < -0.39 is 5.91 Å². The maximum atomic E-state index is 13.9. The van der Waals surface area contributed by atoms with Crippen LogP contribution in [0.15, 0.2) is 82.3 Å². The summed E-state index contributed by atoms with van der Waals surface area (Å²) in [5.74, 6) is -0.0450. The van der Waals surface area contributed by atoms with E-state index in [1.54, 1.807) is 18.3 Å². The van der Waals surface area contributed by atoms with Gasteiger partial charge in [0.1, 0.15) is 5.56 Å². The van der Waals surface area contributed by atoms with Gasteiger partial charge >= 0.3 is 0 Å². The number of rotatable bonds is 5. The molecule has 0 saturated heterocycles. The van der Waals surface area contributed by atoms with Crippen molar-refractivity contribution in [2.24, 2.45) is 0 Å². The zero-order chi connectivity index (χ0) is 22.8. The van der Waals surface area contributed by atoms with Crippen molar-refractivity contribution in [3.8, 4) is 5.69 Å². The van der Waals surface area contributed by atoms with Gasteiger partial charge in [-0.1, -0.05) is 37.3 Å². The van der Waals surface area contributed by atoms with E-state index in [4.69, 9.17) is 4.42 Å². The molecule has 0 spiro atoms. The Morgan fingerprint density at radius 3 is 2.47 bits per heavy atom. The Morgan fingerprint density at radius 2 is 1.78 bits per heavy atom. The van der Waals surface area contributed by atoms with Gasteiger partial charge in [-0.05, 0) is 62.1 Å². The highest BCUT2D eigenvalue weighted by atomic mass is 16.3. The number of aromatic nitrogens is 1. The Labute approximate surface area is 187 Å². The Kier molecular flexibility index (Phi) is 5.82. The van der Waals surface area contributed by atoms with E-state index in [1.807, 2.05) is 74.7 Å². The molecule has 5 heteroatoms. The van der Waals surface area contributed by atoms with Crippen LogP contribution in [0, 0.1) is 20.8 Å². The molecule has 0 aliphatic carbocycles. The number of hydrogen-bond acceptors (Lipinski definition) is 3. The normalized spacial score (nSPS) is 10.9. The van der Waals surface area contributed by atoms with Gasteiger partial charge in [0.25, 0.3) is 5.91 Å². The van der Waals surface area contributed by atoms with Gasteiger partial charge in [-0.3, -0.25) is 9.59 Å². The van der Waals surface area contributed by atoms with Gasteiger partial charge in [-0.25, -0.2) is 4.90 Å². The molecule has 0 atom stereocenters. The van der Waals surface area contributed by atoms with Crippen LogP contribution < -0.4 is 10.3 Å². The van der Waals surface area contributed by atoms with Crippen molar-refractivity contribution in [1.82, 2.24) is 4.57 Å². The summed E-state index contributed by atoms with van der Waals surface area (Å²) >= 11 is 0. The topological polar surface area (TPSA) is 55.5 Å². The third kappa shape index (κ3) is 3.89. The minimum Gasteiger partial charge on any atom is -0.448 e. The molecule has 0 aliphatic rings. The molecule has 0 unspecified atom stereocenters. The zero-order valence-electron chi connectivity index (χ0n) is 18.8. The largest absolute Gasteiger partial charge is 0.448 e. The molecule has 4 rings (SSSR count). The number of carbonyl (C=O) groups excluding carboxylic acids is 1. The average Bonchev–Trinajstić information content (AvgIpc) is 3.29. The summed E-state index contributed by atoms with van der Waals surface area (Å²) in [5, 5.41) is 0. The van der Waals surface area contributed by atoms with Crippen LogP contribution in [0.2, 0.25) is 0 Å². The number of benzene rings is 2. The Morgan fingerprint density at radius 1 is 1.00 bits per heavy atom. The van der Waals surface area contributed by atoms with Crippen LogP contribution in [0.4, 0.5) is 11.6 Å². The second-order valence-corrected chi connectivity index (χ2v) is 7.93. The lowest BCUT2D eigenvalue weighted by Gasteiger charge is -2.25. The fourth-order valence-electron chi connectivity index (χ4n) is 4.00.